The van der Waals surface area contributed by atoms with Gasteiger partial charge in [-0.05, 0) is 48.4 Å². The minimum atomic E-state index is -3.75. The van der Waals surface area contributed by atoms with E-state index in [1.807, 2.05) is 23.6 Å². The van der Waals surface area contributed by atoms with Crippen molar-refractivity contribution in [3.8, 4) is 0 Å². The Balaban J connectivity index is 1.63. The van der Waals surface area contributed by atoms with E-state index in [1.54, 1.807) is 30.3 Å². The summed E-state index contributed by atoms with van der Waals surface area (Å²) in [4.78, 5) is 26.8. The largest absolute Gasteiger partial charge is 0.337 e. The number of hydrogen-bond acceptors (Lipinski definition) is 5. The molecule has 0 saturated carbocycles. The highest BCUT2D eigenvalue weighted by Gasteiger charge is 2.19. The molecule has 2 aromatic carbocycles. The second kappa shape index (κ2) is 8.98. The van der Waals surface area contributed by atoms with Gasteiger partial charge < -0.3 is 10.2 Å². The molecule has 0 aromatic heterocycles. The average Bonchev–Trinajstić information content (AvgIpc) is 2.69. The summed E-state index contributed by atoms with van der Waals surface area (Å²) in [7, 11) is -3.75. The van der Waals surface area contributed by atoms with Gasteiger partial charge in [0, 0.05) is 35.8 Å². The number of nitrogens with zero attached hydrogens (tertiary/aromatic N) is 1. The average molecular weight is 434 g/mol. The zero-order valence-electron chi connectivity index (χ0n) is 16.1. The molecular weight excluding hydrogens is 410 g/mol. The number of sulfonamides is 1. The molecule has 9 heteroatoms. The van der Waals surface area contributed by atoms with Crippen LogP contribution in [-0.2, 0) is 21.2 Å². The third kappa shape index (κ3) is 5.59. The van der Waals surface area contributed by atoms with Crippen molar-refractivity contribution in [3.05, 3.63) is 59.2 Å². The number of anilines is 1. The van der Waals surface area contributed by atoms with Crippen molar-refractivity contribution in [2.24, 2.45) is 5.14 Å². The Hall–Kier alpha value is -2.36. The quantitative estimate of drug-likeness (QED) is 0.750. The van der Waals surface area contributed by atoms with E-state index >= 15 is 0 Å². The second-order valence-corrected chi connectivity index (χ2v) is 9.63. The predicted octanol–water partition coefficient (Wildman–Crippen LogP) is 2.01. The molecule has 1 fully saturated rings. The van der Waals surface area contributed by atoms with E-state index in [2.05, 4.69) is 5.32 Å². The number of amides is 2. The SMILES string of the molecule is Cc1cc(C(=O)N2CCSCC2)ccc1NC(=O)Cc1ccc(S(N)(=O)=O)cc1. The number of nitrogens with one attached hydrogen (secondary N) is 1. The summed E-state index contributed by atoms with van der Waals surface area (Å²) in [5.74, 6) is 1.69. The Morgan fingerprint density at radius 1 is 1.10 bits per heavy atom. The summed E-state index contributed by atoms with van der Waals surface area (Å²) in [6.45, 7) is 3.36. The van der Waals surface area contributed by atoms with Gasteiger partial charge in [-0.3, -0.25) is 9.59 Å². The highest BCUT2D eigenvalue weighted by Crippen LogP contribution is 2.20. The maximum atomic E-state index is 12.6. The van der Waals surface area contributed by atoms with Crippen molar-refractivity contribution in [2.75, 3.05) is 29.9 Å². The van der Waals surface area contributed by atoms with Crippen molar-refractivity contribution in [3.63, 3.8) is 0 Å². The number of aryl methyl sites for hydroxylation is 1. The summed E-state index contributed by atoms with van der Waals surface area (Å²) in [6, 6.07) is 11.1. The van der Waals surface area contributed by atoms with E-state index in [4.69, 9.17) is 5.14 Å². The molecule has 1 aliphatic rings. The molecule has 0 aliphatic carbocycles. The molecule has 0 bridgehead atoms. The molecule has 2 amide bonds. The van der Waals surface area contributed by atoms with Crippen molar-refractivity contribution in [1.29, 1.82) is 0 Å². The lowest BCUT2D eigenvalue weighted by Crippen LogP contribution is -2.37. The van der Waals surface area contributed by atoms with Crippen LogP contribution in [-0.4, -0.2) is 49.7 Å². The Morgan fingerprint density at radius 2 is 1.76 bits per heavy atom. The van der Waals surface area contributed by atoms with Gasteiger partial charge in [-0.2, -0.15) is 11.8 Å². The van der Waals surface area contributed by atoms with Gasteiger partial charge in [0.2, 0.25) is 15.9 Å². The van der Waals surface area contributed by atoms with Gasteiger partial charge in [0.1, 0.15) is 0 Å². The lowest BCUT2D eigenvalue weighted by molar-refractivity contribution is -0.115. The fourth-order valence-electron chi connectivity index (χ4n) is 3.06. The Morgan fingerprint density at radius 3 is 2.34 bits per heavy atom. The van der Waals surface area contributed by atoms with Gasteiger partial charge in [-0.1, -0.05) is 12.1 Å². The van der Waals surface area contributed by atoms with E-state index in [1.165, 1.54) is 12.1 Å². The Labute approximate surface area is 174 Å². The molecule has 0 spiro atoms. The summed E-state index contributed by atoms with van der Waals surface area (Å²) in [5, 5.41) is 7.91. The van der Waals surface area contributed by atoms with Gasteiger partial charge >= 0.3 is 0 Å². The minimum absolute atomic E-state index is 0.00468. The maximum Gasteiger partial charge on any atom is 0.253 e. The lowest BCUT2D eigenvalue weighted by Gasteiger charge is -2.26. The third-order valence-corrected chi connectivity index (χ3v) is 6.53. The minimum Gasteiger partial charge on any atom is -0.337 e. The van der Waals surface area contributed by atoms with E-state index in [0.717, 1.165) is 30.2 Å². The van der Waals surface area contributed by atoms with Crippen LogP contribution in [0.1, 0.15) is 21.5 Å². The van der Waals surface area contributed by atoms with Crippen molar-refractivity contribution in [1.82, 2.24) is 4.90 Å². The predicted molar refractivity (Wildman–Crippen MR) is 115 cm³/mol. The van der Waals surface area contributed by atoms with Crippen LogP contribution in [0, 0.1) is 6.92 Å². The molecule has 2 aromatic rings. The second-order valence-electron chi connectivity index (χ2n) is 6.85. The summed E-state index contributed by atoms with van der Waals surface area (Å²) < 4.78 is 22.6. The van der Waals surface area contributed by atoms with Crippen molar-refractivity contribution in [2.45, 2.75) is 18.2 Å². The van der Waals surface area contributed by atoms with Gasteiger partial charge in [-0.25, -0.2) is 13.6 Å². The number of benzene rings is 2. The number of carbonyl (C=O) groups is 2. The first-order valence-electron chi connectivity index (χ1n) is 9.13. The molecule has 0 atom stereocenters. The van der Waals surface area contributed by atoms with Crippen molar-refractivity contribution < 1.29 is 18.0 Å². The fourth-order valence-corrected chi connectivity index (χ4v) is 4.48. The van der Waals surface area contributed by atoms with Crippen molar-refractivity contribution >= 4 is 39.3 Å². The summed E-state index contributed by atoms with van der Waals surface area (Å²) >= 11 is 1.85. The third-order valence-electron chi connectivity index (χ3n) is 4.66. The number of carbonyl (C=O) groups excluding carboxylic acids is 2. The zero-order chi connectivity index (χ0) is 21.0. The molecular formula is C20H23N3O4S2. The van der Waals surface area contributed by atoms with Crippen LogP contribution >= 0.6 is 11.8 Å². The number of primary sulfonamides is 1. The molecule has 0 radical (unpaired) electrons. The fraction of sp³-hybridized carbons (Fsp3) is 0.300. The van der Waals surface area contributed by atoms with Gasteiger partial charge in [0.25, 0.3) is 5.91 Å². The Bertz CT molecular complexity index is 1010. The molecule has 154 valence electrons. The number of thioether (sulfide) groups is 1. The van der Waals surface area contributed by atoms with Crippen LogP contribution in [0.3, 0.4) is 0 Å². The van der Waals surface area contributed by atoms with Crippen LogP contribution in [0.5, 0.6) is 0 Å². The lowest BCUT2D eigenvalue weighted by atomic mass is 10.1. The first-order chi connectivity index (χ1) is 13.7. The highest BCUT2D eigenvalue weighted by molar-refractivity contribution is 7.99. The summed E-state index contributed by atoms with van der Waals surface area (Å²) in [6.07, 6.45) is 0.0937. The van der Waals surface area contributed by atoms with E-state index in [0.29, 0.717) is 16.8 Å². The smallest absolute Gasteiger partial charge is 0.253 e. The van der Waals surface area contributed by atoms with E-state index in [9.17, 15) is 18.0 Å². The zero-order valence-corrected chi connectivity index (χ0v) is 17.7. The number of rotatable bonds is 5. The number of nitrogens with two attached hydrogens (primary N) is 1. The molecule has 1 saturated heterocycles. The summed E-state index contributed by atoms with van der Waals surface area (Å²) in [5.41, 5.74) is 2.73. The van der Waals surface area contributed by atoms with Crippen LogP contribution < -0.4 is 10.5 Å². The molecule has 3 rings (SSSR count). The molecule has 29 heavy (non-hydrogen) atoms. The molecule has 7 nitrogen and oxygen atoms in total. The van der Waals surface area contributed by atoms with Crippen LogP contribution in [0.4, 0.5) is 5.69 Å². The molecule has 3 N–H and O–H groups in total. The maximum absolute atomic E-state index is 12.6. The van der Waals surface area contributed by atoms with E-state index < -0.39 is 10.0 Å². The molecule has 1 heterocycles. The Kier molecular flexibility index (Phi) is 6.61. The number of hydrogen-bond donors (Lipinski definition) is 2. The van der Waals surface area contributed by atoms with Gasteiger partial charge in [0.05, 0.1) is 11.3 Å². The molecule has 0 unspecified atom stereocenters. The highest BCUT2D eigenvalue weighted by atomic mass is 32.2. The monoisotopic (exact) mass is 433 g/mol. The first kappa shape index (κ1) is 21.4. The van der Waals surface area contributed by atoms with Crippen LogP contribution in [0.2, 0.25) is 0 Å². The normalized spacial score (nSPS) is 14.5. The van der Waals surface area contributed by atoms with Crippen LogP contribution in [0.25, 0.3) is 0 Å². The topological polar surface area (TPSA) is 110 Å². The standard InChI is InChI=1S/C20H23N3O4S2/c1-14-12-16(20(25)23-8-10-28-11-9-23)4-7-18(14)22-19(24)13-15-2-5-17(6-3-15)29(21,26)27/h2-7,12H,8-11,13H2,1H3,(H,22,24)(H2,21,26,27). The van der Waals surface area contributed by atoms with Gasteiger partial charge in [-0.15, -0.1) is 0 Å². The van der Waals surface area contributed by atoms with Gasteiger partial charge in [0.15, 0.2) is 0 Å². The van der Waals surface area contributed by atoms with Crippen LogP contribution in [0.15, 0.2) is 47.4 Å². The first-order valence-corrected chi connectivity index (χ1v) is 11.8. The van der Waals surface area contributed by atoms with E-state index in [-0.39, 0.29) is 23.1 Å². The molecule has 1 aliphatic heterocycles.